The first-order valence-corrected chi connectivity index (χ1v) is 9.67. The average molecular weight is 378 g/mol. The van der Waals surface area contributed by atoms with Gasteiger partial charge in [0, 0.05) is 22.6 Å². The standard InChI is InChI=1S/C18H20ClN3O2S/c1-2-3-6-15-9-21(14-7-4-5-13(19)8-14)17(23)10-22(15)18(24)16-11-25-12-20-16/h4-5,7-8,11-12,15H,2-3,6,9-10H2,1H3/t15-/m1/s1. The Bertz CT molecular complexity index is 751. The van der Waals surface area contributed by atoms with E-state index in [2.05, 4.69) is 11.9 Å². The zero-order valence-electron chi connectivity index (χ0n) is 14.0. The molecule has 1 aliphatic rings. The van der Waals surface area contributed by atoms with Gasteiger partial charge in [-0.25, -0.2) is 4.98 Å². The Labute approximate surface area is 156 Å². The molecule has 1 atom stereocenters. The summed E-state index contributed by atoms with van der Waals surface area (Å²) in [6.07, 6.45) is 2.90. The third-order valence-electron chi connectivity index (χ3n) is 4.36. The van der Waals surface area contributed by atoms with Crippen LogP contribution in [0.2, 0.25) is 5.02 Å². The van der Waals surface area contributed by atoms with Crippen LogP contribution in [-0.4, -0.2) is 40.8 Å². The lowest BCUT2D eigenvalue weighted by molar-refractivity contribution is -0.121. The molecule has 1 saturated heterocycles. The van der Waals surface area contributed by atoms with Crippen molar-refractivity contribution in [2.24, 2.45) is 0 Å². The van der Waals surface area contributed by atoms with Gasteiger partial charge in [0.15, 0.2) is 0 Å². The molecule has 0 unspecified atom stereocenters. The van der Waals surface area contributed by atoms with Gasteiger partial charge in [0.25, 0.3) is 5.91 Å². The van der Waals surface area contributed by atoms with E-state index < -0.39 is 0 Å². The molecule has 132 valence electrons. The van der Waals surface area contributed by atoms with E-state index in [0.717, 1.165) is 24.9 Å². The molecule has 0 saturated carbocycles. The molecule has 25 heavy (non-hydrogen) atoms. The van der Waals surface area contributed by atoms with Gasteiger partial charge in [-0.1, -0.05) is 37.4 Å². The van der Waals surface area contributed by atoms with Crippen LogP contribution in [0.1, 0.15) is 36.7 Å². The lowest BCUT2D eigenvalue weighted by Crippen LogP contribution is -2.58. The number of carbonyl (C=O) groups is 2. The van der Waals surface area contributed by atoms with E-state index in [9.17, 15) is 9.59 Å². The Hall–Kier alpha value is -1.92. The van der Waals surface area contributed by atoms with Crippen LogP contribution in [-0.2, 0) is 4.79 Å². The van der Waals surface area contributed by atoms with Crippen molar-refractivity contribution in [3.63, 3.8) is 0 Å². The van der Waals surface area contributed by atoms with Crippen molar-refractivity contribution < 1.29 is 9.59 Å². The molecule has 2 amide bonds. The maximum absolute atomic E-state index is 12.8. The molecular weight excluding hydrogens is 358 g/mol. The Morgan fingerprint density at radius 3 is 2.96 bits per heavy atom. The number of anilines is 1. The fraction of sp³-hybridized carbons (Fsp3) is 0.389. The minimum Gasteiger partial charge on any atom is -0.323 e. The number of thiazole rings is 1. The molecule has 0 radical (unpaired) electrons. The zero-order valence-corrected chi connectivity index (χ0v) is 15.6. The van der Waals surface area contributed by atoms with Crippen LogP contribution in [0.3, 0.4) is 0 Å². The highest BCUT2D eigenvalue weighted by Gasteiger charge is 2.36. The Morgan fingerprint density at radius 2 is 2.28 bits per heavy atom. The average Bonchev–Trinajstić information content (AvgIpc) is 3.14. The number of benzene rings is 1. The summed E-state index contributed by atoms with van der Waals surface area (Å²) in [5.41, 5.74) is 2.83. The quantitative estimate of drug-likeness (QED) is 0.795. The number of carbonyl (C=O) groups excluding carboxylic acids is 2. The molecule has 1 fully saturated rings. The Balaban J connectivity index is 1.84. The molecule has 2 heterocycles. The van der Waals surface area contributed by atoms with E-state index in [1.54, 1.807) is 32.8 Å². The fourth-order valence-electron chi connectivity index (χ4n) is 3.05. The van der Waals surface area contributed by atoms with Gasteiger partial charge in [-0.15, -0.1) is 11.3 Å². The molecule has 2 aromatic rings. The fourth-order valence-corrected chi connectivity index (χ4v) is 3.76. The number of rotatable bonds is 5. The first-order chi connectivity index (χ1) is 12.1. The molecule has 3 rings (SSSR count). The van der Waals surface area contributed by atoms with Gasteiger partial charge in [-0.2, -0.15) is 0 Å². The van der Waals surface area contributed by atoms with Gasteiger partial charge in [-0.05, 0) is 24.6 Å². The van der Waals surface area contributed by atoms with Crippen molar-refractivity contribution in [1.82, 2.24) is 9.88 Å². The second-order valence-electron chi connectivity index (χ2n) is 6.09. The van der Waals surface area contributed by atoms with E-state index in [-0.39, 0.29) is 24.4 Å². The van der Waals surface area contributed by atoms with E-state index in [0.29, 0.717) is 17.3 Å². The highest BCUT2D eigenvalue weighted by atomic mass is 35.5. The van der Waals surface area contributed by atoms with Crippen LogP contribution in [0, 0.1) is 0 Å². The number of unbranched alkanes of at least 4 members (excludes halogenated alkanes) is 1. The summed E-state index contributed by atoms with van der Waals surface area (Å²) >= 11 is 7.45. The van der Waals surface area contributed by atoms with Gasteiger partial charge < -0.3 is 9.80 Å². The van der Waals surface area contributed by atoms with Gasteiger partial charge in [0.05, 0.1) is 11.6 Å². The van der Waals surface area contributed by atoms with Crippen molar-refractivity contribution in [3.05, 3.63) is 45.9 Å². The summed E-state index contributed by atoms with van der Waals surface area (Å²) in [7, 11) is 0. The van der Waals surface area contributed by atoms with Gasteiger partial charge in [-0.3, -0.25) is 9.59 Å². The second-order valence-corrected chi connectivity index (χ2v) is 7.24. The minimum atomic E-state index is -0.165. The number of piperazine rings is 1. The number of aromatic nitrogens is 1. The molecule has 1 aromatic heterocycles. The monoisotopic (exact) mass is 377 g/mol. The molecule has 1 aromatic carbocycles. The highest BCUT2D eigenvalue weighted by molar-refractivity contribution is 7.07. The number of hydrogen-bond acceptors (Lipinski definition) is 4. The summed E-state index contributed by atoms with van der Waals surface area (Å²) in [4.78, 5) is 32.9. The van der Waals surface area contributed by atoms with Crippen molar-refractivity contribution in [2.45, 2.75) is 32.2 Å². The van der Waals surface area contributed by atoms with Crippen LogP contribution < -0.4 is 4.90 Å². The predicted octanol–water partition coefficient (Wildman–Crippen LogP) is 3.84. The summed E-state index contributed by atoms with van der Waals surface area (Å²) < 4.78 is 0. The first kappa shape index (κ1) is 17.9. The van der Waals surface area contributed by atoms with Crippen LogP contribution in [0.15, 0.2) is 35.2 Å². The zero-order chi connectivity index (χ0) is 17.8. The normalized spacial score (nSPS) is 17.8. The van der Waals surface area contributed by atoms with Crippen molar-refractivity contribution >= 4 is 40.4 Å². The third kappa shape index (κ3) is 4.02. The van der Waals surface area contributed by atoms with E-state index in [1.807, 2.05) is 12.1 Å². The number of nitrogens with zero attached hydrogens (tertiary/aromatic N) is 3. The Morgan fingerprint density at radius 1 is 1.44 bits per heavy atom. The maximum atomic E-state index is 12.8. The topological polar surface area (TPSA) is 53.5 Å². The molecule has 1 aliphatic heterocycles. The third-order valence-corrected chi connectivity index (χ3v) is 5.19. The summed E-state index contributed by atoms with van der Waals surface area (Å²) in [5.74, 6) is -0.264. The molecule has 0 bridgehead atoms. The molecular formula is C18H20ClN3O2S. The molecule has 7 heteroatoms. The van der Waals surface area contributed by atoms with Crippen molar-refractivity contribution in [3.8, 4) is 0 Å². The SMILES string of the molecule is CCCC[C@@H]1CN(c2cccc(Cl)c2)C(=O)CN1C(=O)c1cscn1. The molecule has 5 nitrogen and oxygen atoms in total. The molecule has 0 spiro atoms. The largest absolute Gasteiger partial charge is 0.323 e. The van der Waals surface area contributed by atoms with Crippen LogP contribution >= 0.6 is 22.9 Å². The lowest BCUT2D eigenvalue weighted by atomic mass is 10.0. The summed E-state index contributed by atoms with van der Waals surface area (Å²) in [6.45, 7) is 2.67. The smallest absolute Gasteiger partial charge is 0.274 e. The summed E-state index contributed by atoms with van der Waals surface area (Å²) in [5, 5.41) is 2.32. The highest BCUT2D eigenvalue weighted by Crippen LogP contribution is 2.26. The Kier molecular flexibility index (Phi) is 5.71. The van der Waals surface area contributed by atoms with Crippen molar-refractivity contribution in [1.29, 1.82) is 0 Å². The van der Waals surface area contributed by atoms with Crippen LogP contribution in [0.25, 0.3) is 0 Å². The van der Waals surface area contributed by atoms with Gasteiger partial charge in [0.2, 0.25) is 5.91 Å². The van der Waals surface area contributed by atoms with Crippen LogP contribution in [0.5, 0.6) is 0 Å². The second kappa shape index (κ2) is 7.97. The maximum Gasteiger partial charge on any atom is 0.274 e. The van der Waals surface area contributed by atoms with E-state index in [4.69, 9.17) is 11.6 Å². The minimum absolute atomic E-state index is 0.0224. The van der Waals surface area contributed by atoms with Gasteiger partial charge >= 0.3 is 0 Å². The van der Waals surface area contributed by atoms with Crippen LogP contribution in [0.4, 0.5) is 5.69 Å². The molecule has 0 N–H and O–H groups in total. The van der Waals surface area contributed by atoms with Gasteiger partial charge in [0.1, 0.15) is 12.2 Å². The summed E-state index contributed by atoms with van der Waals surface area (Å²) in [6, 6.07) is 7.25. The lowest BCUT2D eigenvalue weighted by Gasteiger charge is -2.41. The predicted molar refractivity (Wildman–Crippen MR) is 100 cm³/mol. The molecule has 0 aliphatic carbocycles. The number of hydrogen-bond donors (Lipinski definition) is 0. The number of halogens is 1. The first-order valence-electron chi connectivity index (χ1n) is 8.35. The van der Waals surface area contributed by atoms with Crippen molar-refractivity contribution in [2.75, 3.05) is 18.0 Å². The number of amides is 2. The van der Waals surface area contributed by atoms with E-state index >= 15 is 0 Å². The van der Waals surface area contributed by atoms with E-state index in [1.165, 1.54) is 11.3 Å².